The van der Waals surface area contributed by atoms with Gasteiger partial charge in [0, 0.05) is 19.2 Å². The Balaban J connectivity index is 1.44. The molecule has 0 radical (unpaired) electrons. The van der Waals surface area contributed by atoms with Crippen molar-refractivity contribution in [3.05, 3.63) is 47.2 Å². The van der Waals surface area contributed by atoms with Crippen molar-refractivity contribution in [2.75, 3.05) is 13.1 Å². The third-order valence-corrected chi connectivity index (χ3v) is 4.20. The molecular formula is C17H20ClN3O2. The molecule has 6 heteroatoms. The first-order chi connectivity index (χ1) is 11.2. The van der Waals surface area contributed by atoms with Gasteiger partial charge in [-0.15, -0.1) is 0 Å². The molecule has 1 aromatic heterocycles. The van der Waals surface area contributed by atoms with Gasteiger partial charge in [0.05, 0.1) is 24.3 Å². The maximum absolute atomic E-state index is 12.1. The number of hydrogen-bond donors (Lipinski definition) is 0. The molecule has 1 aliphatic heterocycles. The second kappa shape index (κ2) is 7.04. The first kappa shape index (κ1) is 15.9. The summed E-state index contributed by atoms with van der Waals surface area (Å²) >= 11 is 5.80. The highest BCUT2D eigenvalue weighted by molar-refractivity contribution is 6.30. The number of rotatable bonds is 6. The summed E-state index contributed by atoms with van der Waals surface area (Å²) in [5.74, 6) is 1.05. The van der Waals surface area contributed by atoms with Crippen LogP contribution in [0, 0.1) is 0 Å². The molecule has 1 saturated heterocycles. The summed E-state index contributed by atoms with van der Waals surface area (Å²) in [6.45, 7) is 3.96. The number of para-hydroxylation sites is 1. The Morgan fingerprint density at radius 2 is 2.17 bits per heavy atom. The lowest BCUT2D eigenvalue weighted by Crippen LogP contribution is -2.56. The summed E-state index contributed by atoms with van der Waals surface area (Å²) in [6.07, 6.45) is 4.75. The van der Waals surface area contributed by atoms with Crippen LogP contribution in [0.25, 0.3) is 0 Å². The molecule has 122 valence electrons. The number of ether oxygens (including phenoxy) is 1. The van der Waals surface area contributed by atoms with Gasteiger partial charge >= 0.3 is 0 Å². The molecule has 0 unspecified atom stereocenters. The second-order valence-electron chi connectivity index (χ2n) is 5.67. The Labute approximate surface area is 140 Å². The van der Waals surface area contributed by atoms with Crippen molar-refractivity contribution in [2.45, 2.75) is 32.4 Å². The van der Waals surface area contributed by atoms with E-state index in [2.05, 4.69) is 18.1 Å². The quantitative estimate of drug-likeness (QED) is 0.816. The highest BCUT2D eigenvalue weighted by Gasteiger charge is 2.32. The Hall–Kier alpha value is -2.01. The van der Waals surface area contributed by atoms with Crippen LogP contribution in [0.4, 0.5) is 0 Å². The summed E-state index contributed by atoms with van der Waals surface area (Å²) in [7, 11) is 0. The molecule has 0 atom stereocenters. The minimum atomic E-state index is 0.0887. The third kappa shape index (κ3) is 3.85. The van der Waals surface area contributed by atoms with Crippen LogP contribution in [-0.4, -0.2) is 39.8 Å². The number of halogens is 1. The molecule has 0 aliphatic carbocycles. The Bertz CT molecular complexity index is 680. The number of aromatic nitrogens is 2. The molecular weight excluding hydrogens is 314 g/mol. The SMILES string of the molecule is CCc1ccccc1OC1CN(C(=O)CCn2cc(Cl)cn2)C1. The van der Waals surface area contributed by atoms with Gasteiger partial charge in [-0.25, -0.2) is 0 Å². The van der Waals surface area contributed by atoms with E-state index in [0.29, 0.717) is 31.1 Å². The fraction of sp³-hybridized carbons (Fsp3) is 0.412. The zero-order chi connectivity index (χ0) is 16.2. The van der Waals surface area contributed by atoms with Gasteiger partial charge in [-0.3, -0.25) is 9.48 Å². The van der Waals surface area contributed by atoms with E-state index < -0.39 is 0 Å². The van der Waals surface area contributed by atoms with Crippen LogP contribution in [-0.2, 0) is 17.8 Å². The number of nitrogens with zero attached hydrogens (tertiary/aromatic N) is 3. The lowest BCUT2D eigenvalue weighted by molar-refractivity contribution is -0.140. The van der Waals surface area contributed by atoms with Crippen molar-refractivity contribution in [3.8, 4) is 5.75 Å². The number of amides is 1. The van der Waals surface area contributed by atoms with Crippen LogP contribution < -0.4 is 4.74 Å². The largest absolute Gasteiger partial charge is 0.486 e. The zero-order valence-corrected chi connectivity index (χ0v) is 13.9. The fourth-order valence-electron chi connectivity index (χ4n) is 2.64. The summed E-state index contributed by atoms with van der Waals surface area (Å²) in [5, 5.41) is 4.66. The van der Waals surface area contributed by atoms with Gasteiger partial charge < -0.3 is 9.64 Å². The molecule has 0 saturated carbocycles. The smallest absolute Gasteiger partial charge is 0.224 e. The van der Waals surface area contributed by atoms with Gasteiger partial charge in [0.1, 0.15) is 11.9 Å². The van der Waals surface area contributed by atoms with Gasteiger partial charge in [0.2, 0.25) is 5.91 Å². The van der Waals surface area contributed by atoms with Crippen LogP contribution in [0.1, 0.15) is 18.9 Å². The average Bonchev–Trinajstić information content (AvgIpc) is 2.94. The fourth-order valence-corrected chi connectivity index (χ4v) is 2.79. The molecule has 0 N–H and O–H groups in total. The summed E-state index contributed by atoms with van der Waals surface area (Å²) in [5.41, 5.74) is 1.20. The van der Waals surface area contributed by atoms with Crippen LogP contribution >= 0.6 is 11.6 Å². The monoisotopic (exact) mass is 333 g/mol. The Morgan fingerprint density at radius 1 is 1.39 bits per heavy atom. The normalized spacial score (nSPS) is 14.6. The molecule has 2 aromatic rings. The van der Waals surface area contributed by atoms with E-state index in [4.69, 9.17) is 16.3 Å². The standard InChI is InChI=1S/C17H20ClN3O2/c1-2-13-5-3-4-6-16(13)23-15-11-20(12-15)17(22)7-8-21-10-14(18)9-19-21/h3-6,9-10,15H,2,7-8,11-12H2,1H3. The highest BCUT2D eigenvalue weighted by Crippen LogP contribution is 2.23. The number of carbonyl (C=O) groups excluding carboxylic acids is 1. The first-order valence-corrected chi connectivity index (χ1v) is 8.23. The van der Waals surface area contributed by atoms with Gasteiger partial charge in [0.25, 0.3) is 0 Å². The highest BCUT2D eigenvalue weighted by atomic mass is 35.5. The van der Waals surface area contributed by atoms with Gasteiger partial charge in [-0.05, 0) is 18.1 Å². The number of benzene rings is 1. The summed E-state index contributed by atoms with van der Waals surface area (Å²) in [4.78, 5) is 13.9. The van der Waals surface area contributed by atoms with Crippen molar-refractivity contribution in [3.63, 3.8) is 0 Å². The van der Waals surface area contributed by atoms with E-state index in [-0.39, 0.29) is 12.0 Å². The number of aryl methyl sites for hydroxylation is 2. The zero-order valence-electron chi connectivity index (χ0n) is 13.1. The van der Waals surface area contributed by atoms with E-state index in [0.717, 1.165) is 12.2 Å². The van der Waals surface area contributed by atoms with Gasteiger partial charge in [0.15, 0.2) is 0 Å². The van der Waals surface area contributed by atoms with Crippen LogP contribution in [0.15, 0.2) is 36.7 Å². The van der Waals surface area contributed by atoms with Crippen LogP contribution in [0.3, 0.4) is 0 Å². The number of carbonyl (C=O) groups is 1. The van der Waals surface area contributed by atoms with Crippen molar-refractivity contribution < 1.29 is 9.53 Å². The van der Waals surface area contributed by atoms with Crippen molar-refractivity contribution in [1.82, 2.24) is 14.7 Å². The molecule has 0 spiro atoms. The Kier molecular flexibility index (Phi) is 4.86. The van der Waals surface area contributed by atoms with E-state index >= 15 is 0 Å². The predicted octanol–water partition coefficient (Wildman–Crippen LogP) is 2.78. The predicted molar refractivity (Wildman–Crippen MR) is 88.7 cm³/mol. The molecule has 0 bridgehead atoms. The molecule has 2 heterocycles. The Morgan fingerprint density at radius 3 is 2.87 bits per heavy atom. The molecule has 23 heavy (non-hydrogen) atoms. The molecule has 1 aliphatic rings. The van der Waals surface area contributed by atoms with Gasteiger partial charge in [-0.1, -0.05) is 36.7 Å². The summed E-state index contributed by atoms with van der Waals surface area (Å²) in [6, 6.07) is 8.06. The molecule has 3 rings (SSSR count). The third-order valence-electron chi connectivity index (χ3n) is 4.00. The minimum absolute atomic E-state index is 0.0887. The van der Waals surface area contributed by atoms with E-state index in [1.165, 1.54) is 5.56 Å². The first-order valence-electron chi connectivity index (χ1n) is 7.86. The second-order valence-corrected chi connectivity index (χ2v) is 6.11. The molecule has 1 amide bonds. The number of hydrogen-bond acceptors (Lipinski definition) is 3. The maximum atomic E-state index is 12.1. The van der Waals surface area contributed by atoms with E-state index in [1.807, 2.05) is 23.1 Å². The topological polar surface area (TPSA) is 47.4 Å². The van der Waals surface area contributed by atoms with Crippen molar-refractivity contribution in [2.24, 2.45) is 0 Å². The summed E-state index contributed by atoms with van der Waals surface area (Å²) < 4.78 is 7.68. The minimum Gasteiger partial charge on any atom is -0.486 e. The maximum Gasteiger partial charge on any atom is 0.224 e. The lowest BCUT2D eigenvalue weighted by atomic mass is 10.1. The van der Waals surface area contributed by atoms with Crippen LogP contribution in [0.2, 0.25) is 5.02 Å². The average molecular weight is 334 g/mol. The van der Waals surface area contributed by atoms with Crippen LogP contribution in [0.5, 0.6) is 5.75 Å². The molecule has 1 aromatic carbocycles. The van der Waals surface area contributed by atoms with Crippen molar-refractivity contribution in [1.29, 1.82) is 0 Å². The molecule has 5 nitrogen and oxygen atoms in total. The van der Waals surface area contributed by atoms with Crippen molar-refractivity contribution >= 4 is 17.5 Å². The van der Waals surface area contributed by atoms with E-state index in [9.17, 15) is 4.79 Å². The molecule has 1 fully saturated rings. The van der Waals surface area contributed by atoms with Gasteiger partial charge in [-0.2, -0.15) is 5.10 Å². The lowest BCUT2D eigenvalue weighted by Gasteiger charge is -2.39. The number of likely N-dealkylation sites (tertiary alicyclic amines) is 1. The van der Waals surface area contributed by atoms with E-state index in [1.54, 1.807) is 17.1 Å².